The first-order chi connectivity index (χ1) is 8.65. The van der Waals surface area contributed by atoms with E-state index in [4.69, 9.17) is 11.2 Å². The van der Waals surface area contributed by atoms with Gasteiger partial charge >= 0.3 is 0 Å². The Morgan fingerprint density at radius 1 is 1.61 bits per heavy atom. The predicted octanol–water partition coefficient (Wildman–Crippen LogP) is 1.79. The van der Waals surface area contributed by atoms with Crippen molar-refractivity contribution in [1.29, 1.82) is 0 Å². The molecule has 1 heterocycles. The lowest BCUT2D eigenvalue weighted by molar-refractivity contribution is -0.116. The molecular weight excluding hydrogens is 248 g/mol. The van der Waals surface area contributed by atoms with Gasteiger partial charge in [0.15, 0.2) is 4.80 Å². The third-order valence-corrected chi connectivity index (χ3v) is 3.43. The zero-order chi connectivity index (χ0) is 13.1. The van der Waals surface area contributed by atoms with Gasteiger partial charge in [0.25, 0.3) is 0 Å². The average Bonchev–Trinajstić information content (AvgIpc) is 2.66. The molecule has 5 heteroatoms. The van der Waals surface area contributed by atoms with Gasteiger partial charge in [-0.15, -0.1) is 6.42 Å². The number of benzene rings is 1. The number of fused-ring (bicyclic) bond motifs is 1. The minimum atomic E-state index is -0.237. The largest absolute Gasteiger partial charge is 0.497 e. The van der Waals surface area contributed by atoms with E-state index in [1.165, 1.54) is 18.3 Å². The highest BCUT2D eigenvalue weighted by atomic mass is 32.1. The minimum Gasteiger partial charge on any atom is -0.497 e. The SMILES string of the molecule is C#CCn1c(=NC(C)=O)sc2cc(OC)ccc21. The lowest BCUT2D eigenvalue weighted by Crippen LogP contribution is -2.15. The summed E-state index contributed by atoms with van der Waals surface area (Å²) in [6, 6.07) is 5.69. The summed E-state index contributed by atoms with van der Waals surface area (Å²) in [6.07, 6.45) is 5.35. The van der Waals surface area contributed by atoms with Crippen LogP contribution in [0.15, 0.2) is 23.2 Å². The van der Waals surface area contributed by atoms with Gasteiger partial charge in [0.2, 0.25) is 5.91 Å². The van der Waals surface area contributed by atoms with E-state index in [1.54, 1.807) is 7.11 Å². The van der Waals surface area contributed by atoms with Crippen LogP contribution < -0.4 is 9.54 Å². The molecule has 0 atom stereocenters. The van der Waals surface area contributed by atoms with E-state index in [1.807, 2.05) is 22.8 Å². The highest BCUT2D eigenvalue weighted by Crippen LogP contribution is 2.22. The van der Waals surface area contributed by atoms with E-state index in [2.05, 4.69) is 10.9 Å². The number of methoxy groups -OCH3 is 1. The van der Waals surface area contributed by atoms with Crippen molar-refractivity contribution in [2.45, 2.75) is 13.5 Å². The number of carbonyl (C=O) groups is 1. The van der Waals surface area contributed by atoms with Gasteiger partial charge in [-0.1, -0.05) is 17.3 Å². The number of ether oxygens (including phenoxy) is 1. The van der Waals surface area contributed by atoms with Crippen molar-refractivity contribution >= 4 is 27.5 Å². The van der Waals surface area contributed by atoms with Gasteiger partial charge in [0.05, 0.1) is 23.9 Å². The van der Waals surface area contributed by atoms with Crippen molar-refractivity contribution in [2.75, 3.05) is 7.11 Å². The molecule has 0 bridgehead atoms. The van der Waals surface area contributed by atoms with Crippen LogP contribution in [-0.4, -0.2) is 17.6 Å². The number of terminal acetylenes is 1. The number of hydrogen-bond donors (Lipinski definition) is 0. The summed E-state index contributed by atoms with van der Waals surface area (Å²) < 4.78 is 8.01. The maximum atomic E-state index is 11.1. The van der Waals surface area contributed by atoms with Crippen molar-refractivity contribution < 1.29 is 9.53 Å². The highest BCUT2D eigenvalue weighted by Gasteiger charge is 2.07. The summed E-state index contributed by atoms with van der Waals surface area (Å²) in [5, 5.41) is 0. The van der Waals surface area contributed by atoms with Crippen LogP contribution >= 0.6 is 11.3 Å². The predicted molar refractivity (Wildman–Crippen MR) is 71.4 cm³/mol. The molecule has 0 unspecified atom stereocenters. The molecule has 92 valence electrons. The Morgan fingerprint density at radius 2 is 2.39 bits per heavy atom. The summed E-state index contributed by atoms with van der Waals surface area (Å²) in [5.41, 5.74) is 0.957. The van der Waals surface area contributed by atoms with E-state index in [0.29, 0.717) is 11.3 Å². The second-order valence-electron chi connectivity index (χ2n) is 3.64. The lowest BCUT2D eigenvalue weighted by atomic mass is 10.3. The molecular formula is C13H12N2O2S. The average molecular weight is 260 g/mol. The summed E-state index contributed by atoms with van der Waals surface area (Å²) in [5.74, 6) is 3.10. The van der Waals surface area contributed by atoms with Gasteiger partial charge in [-0.3, -0.25) is 4.79 Å². The van der Waals surface area contributed by atoms with Crippen molar-refractivity contribution in [3.63, 3.8) is 0 Å². The topological polar surface area (TPSA) is 43.6 Å². The van der Waals surface area contributed by atoms with E-state index in [9.17, 15) is 4.79 Å². The van der Waals surface area contributed by atoms with Crippen molar-refractivity contribution in [3.8, 4) is 18.1 Å². The van der Waals surface area contributed by atoms with Crippen molar-refractivity contribution in [2.24, 2.45) is 4.99 Å². The van der Waals surface area contributed by atoms with Crippen LogP contribution in [0.3, 0.4) is 0 Å². The minimum absolute atomic E-state index is 0.237. The van der Waals surface area contributed by atoms with Crippen LogP contribution in [0.2, 0.25) is 0 Å². The fourth-order valence-electron chi connectivity index (χ4n) is 1.64. The molecule has 1 amide bonds. The Bertz CT molecular complexity index is 704. The Balaban J connectivity index is 2.75. The summed E-state index contributed by atoms with van der Waals surface area (Å²) in [7, 11) is 1.62. The number of nitrogens with zero attached hydrogens (tertiary/aromatic N) is 2. The fourth-order valence-corrected chi connectivity index (χ4v) is 2.75. The van der Waals surface area contributed by atoms with Crippen molar-refractivity contribution in [3.05, 3.63) is 23.0 Å². The molecule has 0 fully saturated rings. The van der Waals surface area contributed by atoms with Gasteiger partial charge in [-0.25, -0.2) is 0 Å². The van der Waals surface area contributed by atoms with Crippen LogP contribution in [0.25, 0.3) is 10.2 Å². The second-order valence-corrected chi connectivity index (χ2v) is 4.65. The monoisotopic (exact) mass is 260 g/mol. The second kappa shape index (κ2) is 5.07. The first-order valence-corrected chi connectivity index (χ1v) is 6.13. The van der Waals surface area contributed by atoms with Crippen LogP contribution in [0.1, 0.15) is 6.92 Å². The summed E-state index contributed by atoms with van der Waals surface area (Å²) in [4.78, 5) is 15.7. The molecule has 0 spiro atoms. The van der Waals surface area contributed by atoms with Crippen molar-refractivity contribution in [1.82, 2.24) is 4.57 Å². The number of hydrogen-bond acceptors (Lipinski definition) is 3. The smallest absolute Gasteiger partial charge is 0.245 e. The van der Waals surface area contributed by atoms with Crippen LogP contribution in [-0.2, 0) is 11.3 Å². The molecule has 1 aromatic heterocycles. The third-order valence-electron chi connectivity index (χ3n) is 2.39. The number of thiazole rings is 1. The van der Waals surface area contributed by atoms with Gasteiger partial charge in [-0.05, 0) is 18.2 Å². The van der Waals surface area contributed by atoms with E-state index in [0.717, 1.165) is 16.0 Å². The van der Waals surface area contributed by atoms with Gasteiger partial charge in [0.1, 0.15) is 5.75 Å². The normalized spacial score (nSPS) is 11.5. The number of carbonyl (C=O) groups excluding carboxylic acids is 1. The molecule has 0 aliphatic rings. The van der Waals surface area contributed by atoms with Crippen LogP contribution in [0, 0.1) is 12.3 Å². The number of aromatic nitrogens is 1. The van der Waals surface area contributed by atoms with Crippen LogP contribution in [0.5, 0.6) is 5.75 Å². The lowest BCUT2D eigenvalue weighted by Gasteiger charge is -2.01. The Hall–Kier alpha value is -2.06. The maximum absolute atomic E-state index is 11.1. The molecule has 0 aliphatic carbocycles. The number of rotatable bonds is 2. The standard InChI is InChI=1S/C13H12N2O2S/c1-4-7-15-11-6-5-10(17-3)8-12(11)18-13(15)14-9(2)16/h1,5-6,8H,7H2,2-3H3. The van der Waals surface area contributed by atoms with E-state index < -0.39 is 0 Å². The molecule has 4 nitrogen and oxygen atoms in total. The molecule has 0 saturated carbocycles. The van der Waals surface area contributed by atoms with Gasteiger partial charge < -0.3 is 9.30 Å². The highest BCUT2D eigenvalue weighted by molar-refractivity contribution is 7.16. The molecule has 0 N–H and O–H groups in total. The first-order valence-electron chi connectivity index (χ1n) is 5.32. The Labute approximate surface area is 109 Å². The summed E-state index contributed by atoms with van der Waals surface area (Å²) in [6.45, 7) is 1.81. The summed E-state index contributed by atoms with van der Waals surface area (Å²) >= 11 is 1.42. The number of amides is 1. The van der Waals surface area contributed by atoms with E-state index in [-0.39, 0.29) is 5.91 Å². The quantitative estimate of drug-likeness (QED) is 0.773. The Morgan fingerprint density at radius 3 is 3.00 bits per heavy atom. The molecule has 0 saturated heterocycles. The first kappa shape index (κ1) is 12.4. The molecule has 18 heavy (non-hydrogen) atoms. The molecule has 2 rings (SSSR count). The third kappa shape index (κ3) is 2.29. The maximum Gasteiger partial charge on any atom is 0.245 e. The molecule has 1 aromatic carbocycles. The molecule has 0 aliphatic heterocycles. The molecule has 2 aromatic rings. The molecule has 0 radical (unpaired) electrons. The zero-order valence-electron chi connectivity index (χ0n) is 10.1. The van der Waals surface area contributed by atoms with E-state index >= 15 is 0 Å². The van der Waals surface area contributed by atoms with Gasteiger partial charge in [0, 0.05) is 6.92 Å². The van der Waals surface area contributed by atoms with Gasteiger partial charge in [-0.2, -0.15) is 4.99 Å². The zero-order valence-corrected chi connectivity index (χ0v) is 11.0. The van der Waals surface area contributed by atoms with Crippen LogP contribution in [0.4, 0.5) is 0 Å². The fraction of sp³-hybridized carbons (Fsp3) is 0.231. The Kier molecular flexibility index (Phi) is 3.49.